The lowest BCUT2D eigenvalue weighted by molar-refractivity contribution is -0.136. The summed E-state index contributed by atoms with van der Waals surface area (Å²) < 4.78 is 0. The molecule has 0 saturated carbocycles. The van der Waals surface area contributed by atoms with Crippen LogP contribution in [0.4, 0.5) is 0 Å². The Morgan fingerprint density at radius 1 is 1.35 bits per heavy atom. The summed E-state index contributed by atoms with van der Waals surface area (Å²) in [5.41, 5.74) is 1.99. The van der Waals surface area contributed by atoms with Crippen molar-refractivity contribution in [3.63, 3.8) is 0 Å². The van der Waals surface area contributed by atoms with Crippen LogP contribution in [-0.2, 0) is 4.79 Å². The van der Waals surface area contributed by atoms with Crippen molar-refractivity contribution >= 4 is 5.97 Å². The lowest BCUT2D eigenvalue weighted by Gasteiger charge is -2.11. The van der Waals surface area contributed by atoms with Gasteiger partial charge in [0, 0.05) is 0 Å². The number of hydrogen-bond donors (Lipinski definition) is 2. The van der Waals surface area contributed by atoms with Crippen LogP contribution in [0.2, 0.25) is 0 Å². The Hall–Kier alpha value is -1.86. The molecule has 0 saturated heterocycles. The number of nitriles is 1. The number of nitrogens with one attached hydrogen (secondary N) is 1. The van der Waals surface area contributed by atoms with Crippen LogP contribution in [-0.4, -0.2) is 17.6 Å². The number of carbonyl (C=O) groups is 1. The largest absolute Gasteiger partial charge is 0.480 e. The summed E-state index contributed by atoms with van der Waals surface area (Å²) in [6.45, 7) is 3.98. The van der Waals surface area contributed by atoms with E-state index < -0.39 is 12.0 Å². The van der Waals surface area contributed by atoms with Crippen LogP contribution in [0.5, 0.6) is 0 Å². The zero-order valence-electron chi connectivity index (χ0n) is 9.97. The van der Waals surface area contributed by atoms with E-state index in [1.807, 2.05) is 30.3 Å². The van der Waals surface area contributed by atoms with Gasteiger partial charge in [-0.2, -0.15) is 5.26 Å². The first-order valence-corrected chi connectivity index (χ1v) is 5.49. The minimum atomic E-state index is -0.968. The highest BCUT2D eigenvalue weighted by Crippen LogP contribution is 2.18. The molecule has 17 heavy (non-hydrogen) atoms. The summed E-state index contributed by atoms with van der Waals surface area (Å²) in [6, 6.07) is 9.12. The van der Waals surface area contributed by atoms with Crippen molar-refractivity contribution in [1.29, 1.82) is 5.26 Å². The second-order valence-corrected chi connectivity index (χ2v) is 4.16. The number of nitrogens with zero attached hydrogens (tertiary/aromatic N) is 1. The fourth-order valence-corrected chi connectivity index (χ4v) is 1.50. The highest BCUT2D eigenvalue weighted by Gasteiger charge is 2.11. The van der Waals surface area contributed by atoms with Crippen LogP contribution >= 0.6 is 0 Å². The molecule has 4 nitrogen and oxygen atoms in total. The van der Waals surface area contributed by atoms with Gasteiger partial charge in [-0.15, -0.1) is 0 Å². The summed E-state index contributed by atoms with van der Waals surface area (Å²) >= 11 is 0. The van der Waals surface area contributed by atoms with Gasteiger partial charge in [-0.05, 0) is 17.0 Å². The van der Waals surface area contributed by atoms with Crippen LogP contribution in [0, 0.1) is 11.3 Å². The Labute approximate surface area is 101 Å². The molecule has 4 heteroatoms. The number of carboxylic acids is 1. The Morgan fingerprint density at radius 3 is 2.29 bits per heavy atom. The molecular formula is C13H16N2O2. The van der Waals surface area contributed by atoms with Crippen molar-refractivity contribution in [3.8, 4) is 6.07 Å². The van der Waals surface area contributed by atoms with Gasteiger partial charge in [0.1, 0.15) is 6.04 Å². The number of benzene rings is 1. The SMILES string of the molecule is CC(C)c1ccc(C(C#N)NCC(=O)O)cc1. The van der Waals surface area contributed by atoms with Gasteiger partial charge < -0.3 is 5.11 Å². The molecule has 1 aromatic rings. The van der Waals surface area contributed by atoms with E-state index in [-0.39, 0.29) is 6.54 Å². The average Bonchev–Trinajstić information content (AvgIpc) is 2.30. The van der Waals surface area contributed by atoms with Gasteiger partial charge in [0.25, 0.3) is 0 Å². The normalized spacial score (nSPS) is 12.1. The minimum absolute atomic E-state index is 0.218. The van der Waals surface area contributed by atoms with Crippen molar-refractivity contribution in [2.24, 2.45) is 0 Å². The smallest absolute Gasteiger partial charge is 0.317 e. The average molecular weight is 232 g/mol. The topological polar surface area (TPSA) is 73.1 Å². The van der Waals surface area contributed by atoms with Gasteiger partial charge in [-0.1, -0.05) is 38.1 Å². The second kappa shape index (κ2) is 6.02. The molecule has 0 fully saturated rings. The number of carboxylic acid groups (broad SMARTS) is 1. The van der Waals surface area contributed by atoms with Gasteiger partial charge >= 0.3 is 5.97 Å². The molecule has 1 unspecified atom stereocenters. The monoisotopic (exact) mass is 232 g/mol. The van der Waals surface area contributed by atoms with Crippen LogP contribution in [0.25, 0.3) is 0 Å². The van der Waals surface area contributed by atoms with E-state index in [0.29, 0.717) is 5.92 Å². The molecule has 1 rings (SSSR count). The molecule has 0 aromatic heterocycles. The minimum Gasteiger partial charge on any atom is -0.480 e. The molecule has 90 valence electrons. The molecule has 0 aliphatic rings. The van der Waals surface area contributed by atoms with Crippen molar-refractivity contribution in [2.75, 3.05) is 6.54 Å². The number of hydrogen-bond acceptors (Lipinski definition) is 3. The Balaban J connectivity index is 2.76. The Morgan fingerprint density at radius 2 is 1.88 bits per heavy atom. The fraction of sp³-hybridized carbons (Fsp3) is 0.385. The number of aliphatic carboxylic acids is 1. The van der Waals surface area contributed by atoms with Gasteiger partial charge in [0.05, 0.1) is 12.6 Å². The van der Waals surface area contributed by atoms with Gasteiger partial charge in [-0.25, -0.2) is 0 Å². The van der Waals surface area contributed by atoms with Gasteiger partial charge in [0.2, 0.25) is 0 Å². The zero-order valence-corrected chi connectivity index (χ0v) is 9.97. The zero-order chi connectivity index (χ0) is 12.8. The molecule has 1 aromatic carbocycles. The Bertz CT molecular complexity index is 418. The third-order valence-electron chi connectivity index (χ3n) is 2.52. The van der Waals surface area contributed by atoms with E-state index in [0.717, 1.165) is 5.56 Å². The molecule has 0 spiro atoms. The van der Waals surface area contributed by atoms with Crippen molar-refractivity contribution in [3.05, 3.63) is 35.4 Å². The maximum Gasteiger partial charge on any atom is 0.317 e. The molecule has 2 N–H and O–H groups in total. The van der Waals surface area contributed by atoms with Crippen molar-refractivity contribution in [2.45, 2.75) is 25.8 Å². The quantitative estimate of drug-likeness (QED) is 0.814. The molecule has 1 atom stereocenters. The molecule has 0 aliphatic heterocycles. The van der Waals surface area contributed by atoms with Gasteiger partial charge in [-0.3, -0.25) is 10.1 Å². The highest BCUT2D eigenvalue weighted by molar-refractivity contribution is 5.69. The number of rotatable bonds is 5. The summed E-state index contributed by atoms with van der Waals surface area (Å²) in [7, 11) is 0. The van der Waals surface area contributed by atoms with E-state index in [1.54, 1.807) is 0 Å². The predicted octanol–water partition coefficient (Wildman–Crippen LogP) is 2.05. The van der Waals surface area contributed by atoms with E-state index in [2.05, 4.69) is 19.2 Å². The van der Waals surface area contributed by atoms with Crippen LogP contribution in [0.15, 0.2) is 24.3 Å². The van der Waals surface area contributed by atoms with Crippen molar-refractivity contribution in [1.82, 2.24) is 5.32 Å². The third-order valence-corrected chi connectivity index (χ3v) is 2.52. The maximum atomic E-state index is 10.4. The Kier molecular flexibility index (Phi) is 4.68. The van der Waals surface area contributed by atoms with Crippen LogP contribution in [0.3, 0.4) is 0 Å². The van der Waals surface area contributed by atoms with Gasteiger partial charge in [0.15, 0.2) is 0 Å². The maximum absolute atomic E-state index is 10.4. The third kappa shape index (κ3) is 3.89. The summed E-state index contributed by atoms with van der Waals surface area (Å²) in [5.74, 6) is -0.527. The second-order valence-electron chi connectivity index (χ2n) is 4.16. The lowest BCUT2D eigenvalue weighted by atomic mass is 9.99. The standard InChI is InChI=1S/C13H16N2O2/c1-9(2)10-3-5-11(6-4-10)12(7-14)15-8-13(16)17/h3-6,9,12,15H,8H2,1-2H3,(H,16,17). The molecule has 0 amide bonds. The summed E-state index contributed by atoms with van der Waals surface area (Å²) in [5, 5.41) is 20.2. The van der Waals surface area contributed by atoms with E-state index in [4.69, 9.17) is 10.4 Å². The molecular weight excluding hydrogens is 216 g/mol. The molecule has 0 bridgehead atoms. The first kappa shape index (κ1) is 13.2. The fourth-order valence-electron chi connectivity index (χ4n) is 1.50. The van der Waals surface area contributed by atoms with Crippen LogP contribution in [0.1, 0.15) is 36.9 Å². The predicted molar refractivity (Wildman–Crippen MR) is 64.5 cm³/mol. The van der Waals surface area contributed by atoms with Crippen LogP contribution < -0.4 is 5.32 Å². The lowest BCUT2D eigenvalue weighted by Crippen LogP contribution is -2.26. The van der Waals surface area contributed by atoms with E-state index in [1.165, 1.54) is 5.56 Å². The van der Waals surface area contributed by atoms with Crippen molar-refractivity contribution < 1.29 is 9.90 Å². The summed E-state index contributed by atoms with van der Waals surface area (Å²) in [6.07, 6.45) is 0. The molecule has 0 radical (unpaired) electrons. The van der Waals surface area contributed by atoms with E-state index in [9.17, 15) is 4.79 Å². The first-order chi connectivity index (χ1) is 8.04. The molecule has 0 aliphatic carbocycles. The highest BCUT2D eigenvalue weighted by atomic mass is 16.4. The summed E-state index contributed by atoms with van der Waals surface area (Å²) in [4.78, 5) is 10.4. The molecule has 0 heterocycles. The first-order valence-electron chi connectivity index (χ1n) is 5.49. The van der Waals surface area contributed by atoms with E-state index >= 15 is 0 Å².